The molecule has 2 fully saturated rings. The number of pyridine rings is 1. The van der Waals surface area contributed by atoms with Crippen LogP contribution in [-0.2, 0) is 16.0 Å². The van der Waals surface area contributed by atoms with Gasteiger partial charge in [-0.15, -0.1) is 0 Å². The Balaban J connectivity index is 1.42. The number of benzene rings is 1. The minimum absolute atomic E-state index is 0.0449. The molecule has 2 saturated heterocycles. The smallest absolute Gasteiger partial charge is 0.143 e. The molecule has 1 aromatic carbocycles. The van der Waals surface area contributed by atoms with Crippen LogP contribution in [0, 0.1) is 11.8 Å². The second-order valence-electron chi connectivity index (χ2n) is 10.3. The first-order chi connectivity index (χ1) is 15.8. The van der Waals surface area contributed by atoms with Gasteiger partial charge in [-0.25, -0.2) is 0 Å². The van der Waals surface area contributed by atoms with Gasteiger partial charge in [0.1, 0.15) is 5.78 Å². The van der Waals surface area contributed by atoms with E-state index in [4.69, 9.17) is 16.3 Å². The van der Waals surface area contributed by atoms with Crippen LogP contribution < -0.4 is 10.6 Å². The molecule has 3 heterocycles. The Morgan fingerprint density at radius 1 is 1.27 bits per heavy atom. The van der Waals surface area contributed by atoms with Gasteiger partial charge in [-0.3, -0.25) is 9.78 Å². The number of carbonyl (C=O) groups excluding carboxylic acids is 1. The van der Waals surface area contributed by atoms with Crippen molar-refractivity contribution < 1.29 is 9.53 Å². The van der Waals surface area contributed by atoms with E-state index in [2.05, 4.69) is 54.6 Å². The Bertz CT molecular complexity index is 970. The zero-order valence-electron chi connectivity index (χ0n) is 20.0. The topological polar surface area (TPSA) is 63.2 Å². The number of rotatable bonds is 7. The highest BCUT2D eigenvalue weighted by atomic mass is 35.5. The van der Waals surface area contributed by atoms with E-state index in [0.717, 1.165) is 67.9 Å². The Morgan fingerprint density at radius 3 is 2.88 bits per heavy atom. The number of piperidine rings is 1. The predicted molar refractivity (Wildman–Crippen MR) is 135 cm³/mol. The van der Waals surface area contributed by atoms with Crippen molar-refractivity contribution in [3.63, 3.8) is 0 Å². The second kappa shape index (κ2) is 10.5. The van der Waals surface area contributed by atoms with Crippen molar-refractivity contribution >= 4 is 23.1 Å². The van der Waals surface area contributed by atoms with Crippen LogP contribution in [0.3, 0.4) is 0 Å². The van der Waals surface area contributed by atoms with Crippen molar-refractivity contribution in [1.82, 2.24) is 10.3 Å². The van der Waals surface area contributed by atoms with E-state index in [1.54, 1.807) is 6.20 Å². The third-order valence-electron chi connectivity index (χ3n) is 6.95. The molecule has 0 saturated carbocycles. The number of hydrogen-bond donors (Lipinski definition) is 2. The average Bonchev–Trinajstić information content (AvgIpc) is 2.79. The standard InChI is InChI=1S/C27H36ClN3O2/c1-18-7-8-21(16-29-18)26(32)13-23-12-24(25(28)17-31-23)20-5-4-6-22(11-20)30-15-19-9-10-33-27(2,3)14-19/h4-6,11-12,17-19,21,29-30H,7-10,13-16H2,1-3H3/t18-,19+,21-/m1/s1. The molecule has 2 aliphatic heterocycles. The summed E-state index contributed by atoms with van der Waals surface area (Å²) < 4.78 is 5.84. The number of anilines is 1. The van der Waals surface area contributed by atoms with E-state index in [0.29, 0.717) is 23.4 Å². The van der Waals surface area contributed by atoms with Gasteiger partial charge in [0.15, 0.2) is 0 Å². The van der Waals surface area contributed by atoms with Crippen LogP contribution in [0.4, 0.5) is 5.69 Å². The number of ketones is 1. The summed E-state index contributed by atoms with van der Waals surface area (Å²) in [5.41, 5.74) is 3.75. The maximum atomic E-state index is 12.8. The Kier molecular flexibility index (Phi) is 7.72. The number of ether oxygens (including phenoxy) is 1. The Hall–Kier alpha value is -1.95. The third-order valence-corrected chi connectivity index (χ3v) is 7.25. The molecule has 0 amide bonds. The first kappa shape index (κ1) is 24.2. The van der Waals surface area contributed by atoms with Crippen LogP contribution in [-0.4, -0.2) is 42.1 Å². The summed E-state index contributed by atoms with van der Waals surface area (Å²) in [4.78, 5) is 17.3. The van der Waals surface area contributed by atoms with Crippen LogP contribution >= 0.6 is 11.6 Å². The van der Waals surface area contributed by atoms with Crippen molar-refractivity contribution in [2.24, 2.45) is 11.8 Å². The molecule has 0 bridgehead atoms. The lowest BCUT2D eigenvalue weighted by Gasteiger charge is -2.35. The molecule has 1 aromatic heterocycles. The predicted octanol–water partition coefficient (Wildman–Crippen LogP) is 5.52. The Morgan fingerprint density at radius 2 is 2.12 bits per heavy atom. The lowest BCUT2D eigenvalue weighted by molar-refractivity contribution is -0.122. The van der Waals surface area contributed by atoms with Crippen molar-refractivity contribution in [2.75, 3.05) is 25.0 Å². The molecule has 0 unspecified atom stereocenters. The summed E-state index contributed by atoms with van der Waals surface area (Å²) in [6.07, 6.45) is 6.15. The van der Waals surface area contributed by atoms with Crippen molar-refractivity contribution in [3.8, 4) is 11.1 Å². The summed E-state index contributed by atoms with van der Waals surface area (Å²) in [6.45, 7) is 9.01. The van der Waals surface area contributed by atoms with Gasteiger partial charge in [-0.2, -0.15) is 0 Å². The fraction of sp³-hybridized carbons (Fsp3) is 0.556. The number of carbonyl (C=O) groups is 1. The summed E-state index contributed by atoms with van der Waals surface area (Å²) in [5.74, 6) is 0.923. The molecule has 0 spiro atoms. The summed E-state index contributed by atoms with van der Waals surface area (Å²) in [5, 5.41) is 7.61. The highest BCUT2D eigenvalue weighted by molar-refractivity contribution is 6.33. The third kappa shape index (κ3) is 6.56. The lowest BCUT2D eigenvalue weighted by Crippen LogP contribution is -2.40. The molecular weight excluding hydrogens is 434 g/mol. The molecule has 4 rings (SSSR count). The van der Waals surface area contributed by atoms with E-state index in [1.165, 1.54) is 0 Å². The van der Waals surface area contributed by atoms with Crippen molar-refractivity contribution in [2.45, 2.75) is 64.5 Å². The average molecular weight is 470 g/mol. The van der Waals surface area contributed by atoms with Gasteiger partial charge in [0.25, 0.3) is 0 Å². The fourth-order valence-electron chi connectivity index (χ4n) is 4.99. The number of nitrogens with zero attached hydrogens (tertiary/aromatic N) is 1. The van der Waals surface area contributed by atoms with Gasteiger partial charge in [0.05, 0.1) is 10.6 Å². The van der Waals surface area contributed by atoms with Gasteiger partial charge in [-0.05, 0) is 76.1 Å². The maximum Gasteiger partial charge on any atom is 0.143 e. The van der Waals surface area contributed by atoms with E-state index < -0.39 is 0 Å². The van der Waals surface area contributed by atoms with Crippen LogP contribution in [0.25, 0.3) is 11.1 Å². The normalized spacial score (nSPS) is 24.9. The zero-order chi connectivity index (χ0) is 23.4. The minimum Gasteiger partial charge on any atom is -0.385 e. The number of aromatic nitrogens is 1. The summed E-state index contributed by atoms with van der Waals surface area (Å²) in [7, 11) is 0. The van der Waals surface area contributed by atoms with E-state index in [-0.39, 0.29) is 17.3 Å². The van der Waals surface area contributed by atoms with Crippen molar-refractivity contribution in [3.05, 3.63) is 47.2 Å². The van der Waals surface area contributed by atoms with E-state index in [9.17, 15) is 4.79 Å². The van der Waals surface area contributed by atoms with Gasteiger partial charge < -0.3 is 15.4 Å². The molecule has 2 aliphatic rings. The quantitative estimate of drug-likeness (QED) is 0.559. The van der Waals surface area contributed by atoms with Gasteiger partial charge in [-0.1, -0.05) is 23.7 Å². The van der Waals surface area contributed by atoms with E-state index in [1.807, 2.05) is 12.1 Å². The minimum atomic E-state index is -0.0449. The molecule has 0 radical (unpaired) electrons. The highest BCUT2D eigenvalue weighted by Crippen LogP contribution is 2.32. The van der Waals surface area contributed by atoms with E-state index >= 15 is 0 Å². The first-order valence-electron chi connectivity index (χ1n) is 12.2. The number of nitrogens with one attached hydrogen (secondary N) is 2. The number of hydrogen-bond acceptors (Lipinski definition) is 5. The SMILES string of the molecule is C[C@@H]1CC[C@@H](C(=O)Cc2cc(-c3cccc(NC[C@H]4CCOC(C)(C)C4)c3)c(Cl)cn2)CN1. The molecule has 3 atom stereocenters. The van der Waals surface area contributed by atoms with Crippen LogP contribution in [0.2, 0.25) is 5.02 Å². The van der Waals surface area contributed by atoms with Crippen molar-refractivity contribution in [1.29, 1.82) is 0 Å². The molecule has 2 aromatic rings. The maximum absolute atomic E-state index is 12.8. The van der Waals surface area contributed by atoms with Gasteiger partial charge >= 0.3 is 0 Å². The summed E-state index contributed by atoms with van der Waals surface area (Å²) in [6, 6.07) is 10.8. The largest absolute Gasteiger partial charge is 0.385 e. The molecule has 2 N–H and O–H groups in total. The number of halogens is 1. The summed E-state index contributed by atoms with van der Waals surface area (Å²) >= 11 is 6.52. The Labute approximate surface area is 202 Å². The fourth-order valence-corrected chi connectivity index (χ4v) is 5.20. The first-order valence-corrected chi connectivity index (χ1v) is 12.6. The molecule has 6 heteroatoms. The molecule has 178 valence electrons. The molecule has 0 aliphatic carbocycles. The molecular formula is C27H36ClN3O2. The van der Waals surface area contributed by atoms with Crippen LogP contribution in [0.5, 0.6) is 0 Å². The molecule has 33 heavy (non-hydrogen) atoms. The second-order valence-corrected chi connectivity index (χ2v) is 10.7. The van der Waals surface area contributed by atoms with Gasteiger partial charge in [0, 0.05) is 61.2 Å². The van der Waals surface area contributed by atoms with Crippen LogP contribution in [0.15, 0.2) is 36.5 Å². The lowest BCUT2D eigenvalue weighted by atomic mass is 9.88. The zero-order valence-corrected chi connectivity index (χ0v) is 20.8. The number of Topliss-reactive ketones (excluding diaryl/α,β-unsaturated/α-hetero) is 1. The van der Waals surface area contributed by atoms with Gasteiger partial charge in [0.2, 0.25) is 0 Å². The monoisotopic (exact) mass is 469 g/mol. The van der Waals surface area contributed by atoms with Crippen LogP contribution in [0.1, 0.15) is 52.1 Å². The highest BCUT2D eigenvalue weighted by Gasteiger charge is 2.28. The molecule has 5 nitrogen and oxygen atoms in total.